The molecule has 6 nitrogen and oxygen atoms in total. The average molecular weight is 310 g/mol. The highest BCUT2D eigenvalue weighted by Gasteiger charge is 2.14. The summed E-state index contributed by atoms with van der Waals surface area (Å²) in [5, 5.41) is 7.18. The minimum absolute atomic E-state index is 0.164. The van der Waals surface area contributed by atoms with E-state index in [9.17, 15) is 4.79 Å². The second kappa shape index (κ2) is 7.19. The van der Waals surface area contributed by atoms with Gasteiger partial charge in [-0.05, 0) is 38.1 Å². The van der Waals surface area contributed by atoms with Crippen LogP contribution >= 0.6 is 11.6 Å². The van der Waals surface area contributed by atoms with Crippen molar-refractivity contribution in [2.24, 2.45) is 0 Å². The van der Waals surface area contributed by atoms with Crippen molar-refractivity contribution < 1.29 is 14.1 Å². The molecule has 0 saturated heterocycles. The van der Waals surface area contributed by atoms with Crippen molar-refractivity contribution in [3.63, 3.8) is 0 Å². The minimum Gasteiger partial charge on any atom is -0.369 e. The molecule has 1 N–H and O–H groups in total. The van der Waals surface area contributed by atoms with Gasteiger partial charge in [0.15, 0.2) is 0 Å². The van der Waals surface area contributed by atoms with Gasteiger partial charge in [0.25, 0.3) is 0 Å². The maximum atomic E-state index is 11.7. The molecular weight excluding hydrogens is 294 g/mol. The Hall–Kier alpha value is -1.92. The maximum Gasteiger partial charge on any atom is 0.249 e. The second-order valence-electron chi connectivity index (χ2n) is 4.33. The number of carbonyl (C=O) groups is 1. The van der Waals surface area contributed by atoms with Crippen molar-refractivity contribution in [2.75, 3.05) is 6.61 Å². The van der Waals surface area contributed by atoms with Gasteiger partial charge in [-0.25, -0.2) is 0 Å². The van der Waals surface area contributed by atoms with E-state index < -0.39 is 6.10 Å². The number of carbonyl (C=O) groups excluding carboxylic acids is 1. The molecule has 0 fully saturated rings. The number of hydrogen-bond donors (Lipinski definition) is 1. The van der Waals surface area contributed by atoms with Crippen LogP contribution in [0.15, 0.2) is 28.8 Å². The van der Waals surface area contributed by atoms with E-state index in [-0.39, 0.29) is 12.5 Å². The van der Waals surface area contributed by atoms with Gasteiger partial charge < -0.3 is 14.6 Å². The van der Waals surface area contributed by atoms with E-state index in [1.54, 1.807) is 31.2 Å². The van der Waals surface area contributed by atoms with Gasteiger partial charge in [0.1, 0.15) is 6.10 Å². The molecule has 1 heterocycles. The van der Waals surface area contributed by atoms with Gasteiger partial charge in [-0.15, -0.1) is 0 Å². The molecule has 112 valence electrons. The molecule has 0 aliphatic heterocycles. The molecule has 0 aliphatic carbocycles. The fourth-order valence-corrected chi connectivity index (χ4v) is 1.80. The Morgan fingerprint density at radius 3 is 2.81 bits per heavy atom. The molecule has 0 aliphatic rings. The first-order valence-electron chi connectivity index (χ1n) is 6.58. The monoisotopic (exact) mass is 309 g/mol. The molecule has 2 rings (SSSR count). The van der Waals surface area contributed by atoms with E-state index in [0.717, 1.165) is 5.56 Å². The molecule has 1 amide bonds. The summed E-state index contributed by atoms with van der Waals surface area (Å²) < 4.78 is 10.3. The van der Waals surface area contributed by atoms with Crippen LogP contribution in [0.25, 0.3) is 11.4 Å². The number of ether oxygens (including phenoxy) is 1. The number of halogens is 1. The molecule has 0 radical (unpaired) electrons. The van der Waals surface area contributed by atoms with Gasteiger partial charge in [0.2, 0.25) is 17.6 Å². The van der Waals surface area contributed by atoms with Gasteiger partial charge in [-0.3, -0.25) is 4.79 Å². The largest absolute Gasteiger partial charge is 0.369 e. The first-order chi connectivity index (χ1) is 10.1. The lowest BCUT2D eigenvalue weighted by atomic mass is 10.2. The molecule has 0 saturated carbocycles. The first-order valence-corrected chi connectivity index (χ1v) is 6.95. The van der Waals surface area contributed by atoms with Crippen molar-refractivity contribution >= 4 is 17.5 Å². The number of benzene rings is 1. The van der Waals surface area contributed by atoms with Crippen molar-refractivity contribution in [2.45, 2.75) is 26.5 Å². The summed E-state index contributed by atoms with van der Waals surface area (Å²) in [7, 11) is 0. The van der Waals surface area contributed by atoms with Crippen LogP contribution in [-0.2, 0) is 16.1 Å². The van der Waals surface area contributed by atoms with Crippen molar-refractivity contribution in [3.8, 4) is 11.4 Å². The Morgan fingerprint density at radius 2 is 2.14 bits per heavy atom. The van der Waals surface area contributed by atoms with Crippen molar-refractivity contribution in [3.05, 3.63) is 35.2 Å². The molecule has 1 atom stereocenters. The number of nitrogens with one attached hydrogen (secondary N) is 1. The number of amides is 1. The summed E-state index contributed by atoms with van der Waals surface area (Å²) in [4.78, 5) is 15.9. The fourth-order valence-electron chi connectivity index (χ4n) is 1.68. The average Bonchev–Trinajstić information content (AvgIpc) is 2.94. The number of rotatable bonds is 6. The Kier molecular flexibility index (Phi) is 5.30. The van der Waals surface area contributed by atoms with E-state index in [4.69, 9.17) is 20.9 Å². The first kappa shape index (κ1) is 15.5. The maximum absolute atomic E-state index is 11.7. The van der Waals surface area contributed by atoms with Crippen LogP contribution in [0, 0.1) is 0 Å². The third kappa shape index (κ3) is 4.27. The molecule has 1 aromatic heterocycles. The summed E-state index contributed by atoms with van der Waals surface area (Å²) in [6.45, 7) is 4.17. The quantitative estimate of drug-likeness (QED) is 0.886. The van der Waals surface area contributed by atoms with E-state index in [1.807, 2.05) is 6.92 Å². The zero-order chi connectivity index (χ0) is 15.2. The van der Waals surface area contributed by atoms with Crippen LogP contribution in [0.3, 0.4) is 0 Å². The highest BCUT2D eigenvalue weighted by molar-refractivity contribution is 6.30. The van der Waals surface area contributed by atoms with Gasteiger partial charge >= 0.3 is 0 Å². The lowest BCUT2D eigenvalue weighted by Gasteiger charge is -2.10. The van der Waals surface area contributed by atoms with Crippen LogP contribution in [0.4, 0.5) is 0 Å². The summed E-state index contributed by atoms with van der Waals surface area (Å²) >= 11 is 5.82. The molecule has 0 spiro atoms. The van der Waals surface area contributed by atoms with E-state index >= 15 is 0 Å². The number of nitrogens with zero attached hydrogens (tertiary/aromatic N) is 2. The van der Waals surface area contributed by atoms with Crippen LogP contribution < -0.4 is 5.32 Å². The lowest BCUT2D eigenvalue weighted by molar-refractivity contribution is -0.131. The second-order valence-corrected chi connectivity index (χ2v) is 4.77. The van der Waals surface area contributed by atoms with Gasteiger partial charge in [0, 0.05) is 17.2 Å². The molecule has 0 bridgehead atoms. The van der Waals surface area contributed by atoms with Gasteiger partial charge in [0.05, 0.1) is 6.54 Å². The van der Waals surface area contributed by atoms with Crippen LogP contribution in [0.1, 0.15) is 19.7 Å². The third-order valence-corrected chi connectivity index (χ3v) is 3.02. The van der Waals surface area contributed by atoms with Crippen LogP contribution in [0.5, 0.6) is 0 Å². The van der Waals surface area contributed by atoms with Gasteiger partial charge in [-0.1, -0.05) is 16.8 Å². The fraction of sp³-hybridized carbons (Fsp3) is 0.357. The summed E-state index contributed by atoms with van der Waals surface area (Å²) in [5.74, 6) is 0.564. The molecular formula is C14H16ClN3O3. The molecule has 1 aromatic carbocycles. The predicted molar refractivity (Wildman–Crippen MR) is 77.7 cm³/mol. The summed E-state index contributed by atoms with van der Waals surface area (Å²) in [6, 6.07) is 7.09. The highest BCUT2D eigenvalue weighted by Crippen LogP contribution is 2.18. The lowest BCUT2D eigenvalue weighted by Crippen LogP contribution is -2.34. The Balaban J connectivity index is 1.94. The minimum atomic E-state index is -0.506. The highest BCUT2D eigenvalue weighted by atomic mass is 35.5. The summed E-state index contributed by atoms with van der Waals surface area (Å²) in [6.07, 6.45) is -0.506. The summed E-state index contributed by atoms with van der Waals surface area (Å²) in [5.41, 5.74) is 0.795. The molecule has 1 unspecified atom stereocenters. The SMILES string of the molecule is CCOC(C)C(=O)NCc1nc(-c2ccc(Cl)cc2)no1. The Bertz CT molecular complexity index is 598. The van der Waals surface area contributed by atoms with E-state index in [2.05, 4.69) is 15.5 Å². The molecule has 2 aromatic rings. The standard InChI is InChI=1S/C14H16ClN3O3/c1-3-20-9(2)14(19)16-8-12-17-13(18-21-12)10-4-6-11(15)7-5-10/h4-7,9H,3,8H2,1-2H3,(H,16,19). The van der Waals surface area contributed by atoms with Gasteiger partial charge in [-0.2, -0.15) is 4.98 Å². The molecule has 21 heavy (non-hydrogen) atoms. The topological polar surface area (TPSA) is 77.2 Å². The Labute approximate surface area is 127 Å². The zero-order valence-corrected chi connectivity index (χ0v) is 12.6. The van der Waals surface area contributed by atoms with E-state index in [0.29, 0.717) is 23.3 Å². The predicted octanol–water partition coefficient (Wildman–Crippen LogP) is 2.43. The van der Waals surface area contributed by atoms with E-state index in [1.165, 1.54) is 0 Å². The van der Waals surface area contributed by atoms with Crippen molar-refractivity contribution in [1.29, 1.82) is 0 Å². The third-order valence-electron chi connectivity index (χ3n) is 2.77. The molecule has 7 heteroatoms. The zero-order valence-electron chi connectivity index (χ0n) is 11.8. The van der Waals surface area contributed by atoms with Crippen LogP contribution in [-0.4, -0.2) is 28.8 Å². The van der Waals surface area contributed by atoms with Crippen molar-refractivity contribution in [1.82, 2.24) is 15.5 Å². The smallest absolute Gasteiger partial charge is 0.249 e. The Morgan fingerprint density at radius 1 is 1.43 bits per heavy atom. The van der Waals surface area contributed by atoms with Crippen LogP contribution in [0.2, 0.25) is 5.02 Å². The number of aromatic nitrogens is 2. The number of hydrogen-bond acceptors (Lipinski definition) is 5. The normalized spacial score (nSPS) is 12.1.